The van der Waals surface area contributed by atoms with E-state index in [4.69, 9.17) is 14.2 Å². The molecule has 0 aromatic rings. The molecule has 1 heterocycles. The number of esters is 1. The third-order valence-electron chi connectivity index (χ3n) is 3.74. The van der Waals surface area contributed by atoms with Gasteiger partial charge in [-0.2, -0.15) is 0 Å². The number of rotatable bonds is 5. The van der Waals surface area contributed by atoms with E-state index in [0.29, 0.717) is 13.0 Å². The molecule has 0 amide bonds. The van der Waals surface area contributed by atoms with Crippen LogP contribution in [0.3, 0.4) is 0 Å². The first-order valence-corrected chi connectivity index (χ1v) is 6.95. The zero-order chi connectivity index (χ0) is 13.7. The molecule has 1 saturated carbocycles. The van der Waals surface area contributed by atoms with Crippen molar-refractivity contribution in [2.45, 2.75) is 56.5 Å². The highest BCUT2D eigenvalue weighted by atomic mass is 16.8. The van der Waals surface area contributed by atoms with Gasteiger partial charge in [0.2, 0.25) is 0 Å². The van der Waals surface area contributed by atoms with Crippen molar-refractivity contribution >= 4 is 5.97 Å². The number of carbonyl (C=O) groups is 1. The number of hydrogen-bond acceptors (Lipinski definition) is 4. The van der Waals surface area contributed by atoms with E-state index in [9.17, 15) is 4.79 Å². The van der Waals surface area contributed by atoms with Crippen molar-refractivity contribution in [2.75, 3.05) is 6.61 Å². The molecule has 1 saturated heterocycles. The summed E-state index contributed by atoms with van der Waals surface area (Å²) in [7, 11) is 0. The van der Waals surface area contributed by atoms with Crippen molar-refractivity contribution in [3.8, 4) is 0 Å². The van der Waals surface area contributed by atoms with Crippen LogP contribution in [0.1, 0.15) is 38.5 Å². The second kappa shape index (κ2) is 6.35. The lowest BCUT2D eigenvalue weighted by Crippen LogP contribution is -2.37. The predicted molar refractivity (Wildman–Crippen MR) is 71.5 cm³/mol. The maximum atomic E-state index is 11.4. The Balaban J connectivity index is 1.97. The van der Waals surface area contributed by atoms with Gasteiger partial charge in [-0.1, -0.05) is 19.1 Å². The Labute approximate surface area is 114 Å². The maximum absolute atomic E-state index is 11.4. The molecule has 4 heteroatoms. The van der Waals surface area contributed by atoms with Gasteiger partial charge in [0.1, 0.15) is 12.2 Å². The van der Waals surface area contributed by atoms with Crippen LogP contribution in [0.5, 0.6) is 0 Å². The van der Waals surface area contributed by atoms with E-state index >= 15 is 0 Å². The van der Waals surface area contributed by atoms with Crippen LogP contribution in [0.25, 0.3) is 0 Å². The van der Waals surface area contributed by atoms with Gasteiger partial charge in [0.15, 0.2) is 5.79 Å². The van der Waals surface area contributed by atoms with Crippen LogP contribution < -0.4 is 0 Å². The monoisotopic (exact) mass is 266 g/mol. The predicted octanol–water partition coefficient (Wildman–Crippen LogP) is 2.74. The summed E-state index contributed by atoms with van der Waals surface area (Å²) < 4.78 is 17.3. The molecule has 19 heavy (non-hydrogen) atoms. The van der Waals surface area contributed by atoms with Crippen LogP contribution in [0.15, 0.2) is 25.3 Å². The largest absolute Gasteiger partial charge is 0.456 e. The van der Waals surface area contributed by atoms with E-state index in [1.54, 1.807) is 6.08 Å². The van der Waals surface area contributed by atoms with Gasteiger partial charge >= 0.3 is 5.97 Å². The zero-order valence-electron chi connectivity index (χ0n) is 11.3. The average molecular weight is 266 g/mol. The van der Waals surface area contributed by atoms with E-state index in [2.05, 4.69) is 13.2 Å². The lowest BCUT2D eigenvalue weighted by Gasteiger charge is -2.32. The second-order valence-electron chi connectivity index (χ2n) is 5.14. The van der Waals surface area contributed by atoms with Gasteiger partial charge in [-0.05, 0) is 12.8 Å². The molecule has 0 aromatic heterocycles. The van der Waals surface area contributed by atoms with Crippen LogP contribution in [0.2, 0.25) is 0 Å². The normalized spacial score (nSPS) is 26.8. The highest BCUT2D eigenvalue weighted by Gasteiger charge is 2.45. The first-order chi connectivity index (χ1) is 9.19. The molecule has 0 unspecified atom stereocenters. The van der Waals surface area contributed by atoms with Crippen LogP contribution in [-0.4, -0.2) is 30.6 Å². The zero-order valence-corrected chi connectivity index (χ0v) is 11.3. The minimum atomic E-state index is -0.442. The Morgan fingerprint density at radius 2 is 2.11 bits per heavy atom. The summed E-state index contributed by atoms with van der Waals surface area (Å²) in [4.78, 5) is 11.4. The molecule has 0 aromatic carbocycles. The quantitative estimate of drug-likeness (QED) is 0.436. The topological polar surface area (TPSA) is 44.8 Å². The number of hydrogen-bond donors (Lipinski definition) is 0. The SMILES string of the molecule is C=CC[C@@H](OC(=O)C=C)[C@H]1COC2(CCCCC2)O1. The van der Waals surface area contributed by atoms with Crippen LogP contribution >= 0.6 is 0 Å². The van der Waals surface area contributed by atoms with Gasteiger partial charge in [-0.3, -0.25) is 0 Å². The van der Waals surface area contributed by atoms with Crippen molar-refractivity contribution in [3.05, 3.63) is 25.3 Å². The van der Waals surface area contributed by atoms with E-state index in [0.717, 1.165) is 25.7 Å². The molecule has 1 aliphatic carbocycles. The molecule has 1 spiro atoms. The summed E-state index contributed by atoms with van der Waals surface area (Å²) in [6, 6.07) is 0. The maximum Gasteiger partial charge on any atom is 0.330 e. The molecule has 0 radical (unpaired) electrons. The Morgan fingerprint density at radius 3 is 2.74 bits per heavy atom. The van der Waals surface area contributed by atoms with E-state index in [1.165, 1.54) is 12.5 Å². The fourth-order valence-electron chi connectivity index (χ4n) is 2.75. The van der Waals surface area contributed by atoms with Gasteiger partial charge in [0.05, 0.1) is 6.61 Å². The first-order valence-electron chi connectivity index (χ1n) is 6.95. The number of carbonyl (C=O) groups excluding carboxylic acids is 1. The van der Waals surface area contributed by atoms with Gasteiger partial charge in [-0.25, -0.2) is 4.79 Å². The van der Waals surface area contributed by atoms with Crippen LogP contribution in [0.4, 0.5) is 0 Å². The molecular weight excluding hydrogens is 244 g/mol. The lowest BCUT2D eigenvalue weighted by molar-refractivity contribution is -0.199. The summed E-state index contributed by atoms with van der Waals surface area (Å²) in [5, 5.41) is 0. The molecule has 2 aliphatic rings. The second-order valence-corrected chi connectivity index (χ2v) is 5.14. The standard InChI is InChI=1S/C15H22O4/c1-3-8-12(18-14(16)4-2)13-11-17-15(19-13)9-6-5-7-10-15/h3-4,12-13H,1-2,5-11H2/t12-,13-/m1/s1. The highest BCUT2D eigenvalue weighted by Crippen LogP contribution is 2.39. The highest BCUT2D eigenvalue weighted by molar-refractivity contribution is 5.81. The van der Waals surface area contributed by atoms with E-state index < -0.39 is 11.8 Å². The van der Waals surface area contributed by atoms with Crippen molar-refractivity contribution in [1.82, 2.24) is 0 Å². The van der Waals surface area contributed by atoms with Crippen molar-refractivity contribution in [1.29, 1.82) is 0 Å². The van der Waals surface area contributed by atoms with Crippen LogP contribution in [-0.2, 0) is 19.0 Å². The minimum absolute atomic E-state index is 0.208. The van der Waals surface area contributed by atoms with Crippen molar-refractivity contribution in [2.24, 2.45) is 0 Å². The van der Waals surface area contributed by atoms with Gasteiger partial charge in [0, 0.05) is 25.3 Å². The molecule has 2 rings (SSSR count). The molecule has 2 atom stereocenters. The smallest absolute Gasteiger partial charge is 0.330 e. The van der Waals surface area contributed by atoms with E-state index in [-0.39, 0.29) is 12.2 Å². The summed E-state index contributed by atoms with van der Waals surface area (Å²) in [5.74, 6) is -0.872. The molecular formula is C15H22O4. The summed E-state index contributed by atoms with van der Waals surface area (Å²) >= 11 is 0. The molecule has 0 bridgehead atoms. The summed E-state index contributed by atoms with van der Waals surface area (Å²) in [5.41, 5.74) is 0. The third kappa shape index (κ3) is 3.45. The average Bonchev–Trinajstić information content (AvgIpc) is 2.82. The number of ether oxygens (including phenoxy) is 3. The summed E-state index contributed by atoms with van der Waals surface area (Å²) in [6.07, 6.45) is 8.27. The molecule has 0 N–H and O–H groups in total. The lowest BCUT2D eigenvalue weighted by atomic mass is 9.94. The fourth-order valence-corrected chi connectivity index (χ4v) is 2.75. The summed E-state index contributed by atoms with van der Waals surface area (Å²) in [6.45, 7) is 7.58. The molecule has 4 nitrogen and oxygen atoms in total. The Hall–Kier alpha value is -1.13. The molecule has 1 aliphatic heterocycles. The van der Waals surface area contributed by atoms with Gasteiger partial charge < -0.3 is 14.2 Å². The third-order valence-corrected chi connectivity index (χ3v) is 3.74. The minimum Gasteiger partial charge on any atom is -0.456 e. The molecule has 2 fully saturated rings. The van der Waals surface area contributed by atoms with Crippen LogP contribution in [0, 0.1) is 0 Å². The van der Waals surface area contributed by atoms with E-state index in [1.807, 2.05) is 0 Å². The Kier molecular flexibility index (Phi) is 4.77. The first kappa shape index (κ1) is 14.3. The Bertz CT molecular complexity index is 344. The van der Waals surface area contributed by atoms with Gasteiger partial charge in [0.25, 0.3) is 0 Å². The molecule has 106 valence electrons. The fraction of sp³-hybridized carbons (Fsp3) is 0.667. The van der Waals surface area contributed by atoms with Crippen molar-refractivity contribution in [3.63, 3.8) is 0 Å². The van der Waals surface area contributed by atoms with Gasteiger partial charge in [-0.15, -0.1) is 6.58 Å². The van der Waals surface area contributed by atoms with Crippen molar-refractivity contribution < 1.29 is 19.0 Å². The Morgan fingerprint density at radius 1 is 1.37 bits per heavy atom.